The van der Waals surface area contributed by atoms with Gasteiger partial charge < -0.3 is 10.0 Å². The number of piperidine rings is 1. The van der Waals surface area contributed by atoms with Crippen LogP contribution in [0.1, 0.15) is 54.6 Å². The fourth-order valence-corrected chi connectivity index (χ4v) is 5.96. The number of nitrogens with zero attached hydrogens (tertiary/aromatic N) is 7. The van der Waals surface area contributed by atoms with Gasteiger partial charge in [0.2, 0.25) is 0 Å². The Labute approximate surface area is 217 Å². The highest BCUT2D eigenvalue weighted by Crippen LogP contribution is 2.48. The average Bonchev–Trinajstić information content (AvgIpc) is 3.17. The Morgan fingerprint density at radius 1 is 1.08 bits per heavy atom. The predicted molar refractivity (Wildman–Crippen MR) is 131 cm³/mol. The Morgan fingerprint density at radius 3 is 2.54 bits per heavy atom. The molecule has 3 aromatic rings. The van der Waals surface area contributed by atoms with Crippen molar-refractivity contribution in [2.45, 2.75) is 69.4 Å². The molecule has 1 aromatic carbocycles. The maximum atomic E-state index is 13.3. The number of anilines is 1. The first kappa shape index (κ1) is 24.6. The lowest BCUT2D eigenvalue weighted by Crippen LogP contribution is -2.61. The van der Waals surface area contributed by atoms with Crippen molar-refractivity contribution in [1.82, 2.24) is 29.6 Å². The van der Waals surface area contributed by atoms with Crippen molar-refractivity contribution in [1.29, 1.82) is 0 Å². The summed E-state index contributed by atoms with van der Waals surface area (Å²) in [4.78, 5) is 12.9. The molecule has 196 valence electrons. The summed E-state index contributed by atoms with van der Waals surface area (Å²) in [6, 6.07) is 7.12. The van der Waals surface area contributed by atoms with Crippen LogP contribution in [0.3, 0.4) is 0 Å². The van der Waals surface area contributed by atoms with Crippen LogP contribution in [-0.4, -0.2) is 65.6 Å². The van der Waals surface area contributed by atoms with Crippen molar-refractivity contribution < 1.29 is 18.3 Å². The lowest BCUT2D eigenvalue weighted by molar-refractivity contribution is -0.300. The van der Waals surface area contributed by atoms with Crippen molar-refractivity contribution in [2.75, 3.05) is 18.0 Å². The molecule has 8 nitrogen and oxygen atoms in total. The number of hydrogen-bond donors (Lipinski definition) is 1. The molecule has 12 heteroatoms. The van der Waals surface area contributed by atoms with Crippen molar-refractivity contribution in [3.63, 3.8) is 0 Å². The number of benzene rings is 1. The zero-order valence-electron chi connectivity index (χ0n) is 20.3. The third kappa shape index (κ3) is 4.36. The highest BCUT2D eigenvalue weighted by atomic mass is 35.5. The minimum Gasteiger partial charge on any atom is -0.380 e. The first-order valence-electron chi connectivity index (χ1n) is 12.4. The molecule has 37 heavy (non-hydrogen) atoms. The van der Waals surface area contributed by atoms with Gasteiger partial charge in [0.15, 0.2) is 11.4 Å². The van der Waals surface area contributed by atoms with E-state index in [0.717, 1.165) is 54.6 Å². The molecule has 0 unspecified atom stereocenters. The van der Waals surface area contributed by atoms with Gasteiger partial charge >= 0.3 is 6.18 Å². The second-order valence-corrected chi connectivity index (χ2v) is 10.7. The molecule has 1 saturated heterocycles. The Hall–Kier alpha value is -2.76. The van der Waals surface area contributed by atoms with Crippen LogP contribution in [0.4, 0.5) is 19.0 Å². The predicted octanol–water partition coefficient (Wildman–Crippen LogP) is 4.17. The summed E-state index contributed by atoms with van der Waals surface area (Å²) < 4.78 is 41.9. The molecule has 0 amide bonds. The lowest BCUT2D eigenvalue weighted by atomic mass is 9.74. The lowest BCUT2D eigenvalue weighted by Gasteiger charge is -2.48. The molecule has 1 aliphatic carbocycles. The molecule has 2 aromatic heterocycles. The molecule has 3 aliphatic rings. The van der Waals surface area contributed by atoms with Crippen LogP contribution in [0.15, 0.2) is 30.5 Å². The molecule has 2 aliphatic heterocycles. The van der Waals surface area contributed by atoms with Gasteiger partial charge in [-0.1, -0.05) is 11.6 Å². The topological polar surface area (TPSA) is 83.2 Å². The molecule has 6 rings (SSSR count). The molecule has 0 radical (unpaired) electrons. The van der Waals surface area contributed by atoms with E-state index in [1.165, 1.54) is 0 Å². The fraction of sp³-hybridized carbons (Fsp3) is 0.520. The Morgan fingerprint density at radius 2 is 1.84 bits per heavy atom. The van der Waals surface area contributed by atoms with Crippen molar-refractivity contribution >= 4 is 17.4 Å². The van der Waals surface area contributed by atoms with Crippen LogP contribution < -0.4 is 4.90 Å². The van der Waals surface area contributed by atoms with E-state index in [9.17, 15) is 18.3 Å². The molecule has 4 heterocycles. The molecule has 1 saturated carbocycles. The highest BCUT2D eigenvalue weighted by Gasteiger charge is 2.62. The number of alkyl halides is 3. The SMILES string of the molecule is Cc1nccc(N2CCC(c3nnc4n3-c3ccc(Cl)cc3CN(C3CC(O)(C(F)(F)F)C3)C4)CC2)n1. The van der Waals surface area contributed by atoms with Crippen LogP contribution in [0.25, 0.3) is 5.69 Å². The molecule has 1 N–H and O–H groups in total. The monoisotopic (exact) mass is 533 g/mol. The van der Waals surface area contributed by atoms with E-state index in [1.807, 2.05) is 36.1 Å². The normalized spacial score (nSPS) is 24.8. The minimum absolute atomic E-state index is 0.175. The average molecular weight is 534 g/mol. The van der Waals surface area contributed by atoms with Crippen molar-refractivity contribution in [3.8, 4) is 5.69 Å². The first-order valence-corrected chi connectivity index (χ1v) is 12.8. The minimum atomic E-state index is -4.64. The van der Waals surface area contributed by atoms with Crippen LogP contribution in [0.2, 0.25) is 5.02 Å². The fourth-order valence-electron chi connectivity index (χ4n) is 5.77. The van der Waals surface area contributed by atoms with Crippen LogP contribution >= 0.6 is 11.6 Å². The van der Waals surface area contributed by atoms with Crippen LogP contribution in [-0.2, 0) is 13.1 Å². The van der Waals surface area contributed by atoms with E-state index in [4.69, 9.17) is 11.6 Å². The zero-order valence-corrected chi connectivity index (χ0v) is 21.0. The summed E-state index contributed by atoms with van der Waals surface area (Å²) in [5.41, 5.74) is -0.819. The summed E-state index contributed by atoms with van der Waals surface area (Å²) >= 11 is 6.32. The quantitative estimate of drug-likeness (QED) is 0.541. The number of hydrogen-bond acceptors (Lipinski definition) is 7. The van der Waals surface area contributed by atoms with Gasteiger partial charge in [0.1, 0.15) is 17.5 Å². The first-order chi connectivity index (χ1) is 17.6. The van der Waals surface area contributed by atoms with Gasteiger partial charge in [-0.3, -0.25) is 9.47 Å². The van der Waals surface area contributed by atoms with E-state index in [0.29, 0.717) is 23.9 Å². The number of fused-ring (bicyclic) bond motifs is 3. The van der Waals surface area contributed by atoms with Gasteiger partial charge in [0, 0.05) is 55.7 Å². The standard InChI is InChI=1S/C25H27ClF3N7O/c1-15-30-7-4-21(31-15)34-8-5-16(6-9-34)23-33-32-22-14-35(19-11-24(37,12-19)25(27,28)29)13-17-10-18(26)2-3-20(17)36(22)23/h2-4,7,10,16,19,37H,5-6,8-9,11-14H2,1H3. The zero-order chi connectivity index (χ0) is 25.9. The largest absolute Gasteiger partial charge is 0.417 e. The maximum Gasteiger partial charge on any atom is 0.417 e. The van der Waals surface area contributed by atoms with Gasteiger partial charge in [-0.15, -0.1) is 10.2 Å². The smallest absolute Gasteiger partial charge is 0.380 e. The second-order valence-electron chi connectivity index (χ2n) is 10.3. The van der Waals surface area contributed by atoms with Crippen LogP contribution in [0, 0.1) is 6.92 Å². The van der Waals surface area contributed by atoms with Gasteiger partial charge in [-0.25, -0.2) is 9.97 Å². The second kappa shape index (κ2) is 8.92. The number of aromatic nitrogens is 5. The number of aryl methyl sites for hydroxylation is 1. The Kier molecular flexibility index (Phi) is 5.92. The molecule has 0 spiro atoms. The van der Waals surface area contributed by atoms with E-state index in [-0.39, 0.29) is 18.8 Å². The number of rotatable bonds is 3. The summed E-state index contributed by atoms with van der Waals surface area (Å²) in [5.74, 6) is 3.38. The van der Waals surface area contributed by atoms with Crippen LogP contribution in [0.5, 0.6) is 0 Å². The molecular formula is C25H27ClF3N7O. The number of halogens is 4. The molecular weight excluding hydrogens is 507 g/mol. The van der Waals surface area contributed by atoms with Gasteiger partial charge in [-0.2, -0.15) is 13.2 Å². The summed E-state index contributed by atoms with van der Waals surface area (Å²) in [6.45, 7) is 4.28. The number of aliphatic hydroxyl groups is 1. The summed E-state index contributed by atoms with van der Waals surface area (Å²) in [7, 11) is 0. The Balaban J connectivity index is 1.27. The highest BCUT2D eigenvalue weighted by molar-refractivity contribution is 6.30. The molecule has 0 atom stereocenters. The van der Waals surface area contributed by atoms with E-state index in [1.54, 1.807) is 6.20 Å². The van der Waals surface area contributed by atoms with Gasteiger partial charge in [-0.05, 0) is 49.6 Å². The van der Waals surface area contributed by atoms with Crippen molar-refractivity contribution in [3.05, 3.63) is 58.5 Å². The molecule has 2 fully saturated rings. The van der Waals surface area contributed by atoms with E-state index >= 15 is 0 Å². The summed E-state index contributed by atoms with van der Waals surface area (Å²) in [5, 5.41) is 19.7. The third-order valence-corrected chi connectivity index (χ3v) is 8.13. The third-order valence-electron chi connectivity index (χ3n) is 7.89. The maximum absolute atomic E-state index is 13.3. The summed E-state index contributed by atoms with van der Waals surface area (Å²) in [6.07, 6.45) is -1.83. The van der Waals surface area contributed by atoms with Crippen molar-refractivity contribution in [2.24, 2.45) is 0 Å². The Bertz CT molecular complexity index is 1320. The van der Waals surface area contributed by atoms with E-state index < -0.39 is 17.8 Å². The molecule has 0 bridgehead atoms. The van der Waals surface area contributed by atoms with Gasteiger partial charge in [0.25, 0.3) is 0 Å². The van der Waals surface area contributed by atoms with Gasteiger partial charge in [0.05, 0.1) is 12.2 Å². The van der Waals surface area contributed by atoms with E-state index in [2.05, 4.69) is 29.6 Å².